The molecule has 0 radical (unpaired) electrons. The number of ether oxygens (including phenoxy) is 6. The zero-order chi connectivity index (χ0) is 26.0. The predicted octanol–water partition coefficient (Wildman–Crippen LogP) is 4.32. The van der Waals surface area contributed by atoms with Gasteiger partial charge in [0.2, 0.25) is 0 Å². The van der Waals surface area contributed by atoms with Crippen LogP contribution in [0.2, 0.25) is 0 Å². The van der Waals surface area contributed by atoms with E-state index in [1.807, 2.05) is 55.4 Å². The Balaban J connectivity index is 4.61. The summed E-state index contributed by atoms with van der Waals surface area (Å²) >= 11 is 0. The van der Waals surface area contributed by atoms with Crippen LogP contribution < -0.4 is 0 Å². The van der Waals surface area contributed by atoms with Crippen molar-refractivity contribution >= 4 is 11.9 Å². The third-order valence-corrected chi connectivity index (χ3v) is 4.54. The van der Waals surface area contributed by atoms with Crippen molar-refractivity contribution < 1.29 is 38.0 Å². The van der Waals surface area contributed by atoms with Crippen LogP contribution in [0.15, 0.2) is 0 Å². The maximum Gasteiger partial charge on any atom is 0.337 e. The molecule has 0 fully saturated rings. The summed E-state index contributed by atoms with van der Waals surface area (Å²) in [7, 11) is 0. The van der Waals surface area contributed by atoms with E-state index in [0.29, 0.717) is 0 Å². The summed E-state index contributed by atoms with van der Waals surface area (Å²) in [6, 6.07) is 0. The summed E-state index contributed by atoms with van der Waals surface area (Å²) in [4.78, 5) is 24.9. The summed E-state index contributed by atoms with van der Waals surface area (Å²) in [6.07, 6.45) is -0.280. The number of esters is 2. The van der Waals surface area contributed by atoms with Crippen molar-refractivity contribution in [3.8, 4) is 0 Å². The number of carbonyl (C=O) groups excluding carboxylic acids is 2. The first-order chi connectivity index (χ1) is 14.9. The summed E-state index contributed by atoms with van der Waals surface area (Å²) in [6.45, 7) is 22.8. The Morgan fingerprint density at radius 3 is 1.18 bits per heavy atom. The molecule has 0 amide bonds. The molecule has 0 spiro atoms. The fourth-order valence-electron chi connectivity index (χ4n) is 2.65. The van der Waals surface area contributed by atoms with E-state index in [-0.39, 0.29) is 50.8 Å². The van der Waals surface area contributed by atoms with Crippen molar-refractivity contribution in [1.29, 1.82) is 0 Å². The topological polar surface area (TPSA) is 89.5 Å². The molecule has 33 heavy (non-hydrogen) atoms. The van der Waals surface area contributed by atoms with Crippen molar-refractivity contribution in [3.05, 3.63) is 0 Å². The van der Waals surface area contributed by atoms with E-state index in [1.54, 1.807) is 27.7 Å². The molecule has 0 aromatic carbocycles. The Labute approximate surface area is 201 Å². The summed E-state index contributed by atoms with van der Waals surface area (Å²) in [5.41, 5.74) is -2.72. The lowest BCUT2D eigenvalue weighted by Crippen LogP contribution is -2.44. The zero-order valence-corrected chi connectivity index (χ0v) is 22.9. The van der Waals surface area contributed by atoms with Crippen LogP contribution in [-0.4, -0.2) is 74.0 Å². The lowest BCUT2D eigenvalue weighted by atomic mass is 9.95. The Hall–Kier alpha value is -1.22. The molecule has 0 saturated heterocycles. The van der Waals surface area contributed by atoms with Gasteiger partial charge in [0.25, 0.3) is 0 Å². The van der Waals surface area contributed by atoms with Crippen molar-refractivity contribution in [2.75, 3.05) is 26.4 Å². The SMILES string of the molecule is CC(C)OC(C)COC(=O)C(C)(C)OCC(C)(C)COC(C)(C)C(=O)OCC(C)OC(C)C. The standard InChI is InChI=1S/C25H48O8/c1-17(2)32-19(5)13-28-21(26)24(9,10)30-15-23(7,8)16-31-25(11,12)22(27)29-14-20(6)33-18(3)4/h17-20H,13-16H2,1-12H3. The monoisotopic (exact) mass is 476 g/mol. The third-order valence-electron chi connectivity index (χ3n) is 4.54. The maximum atomic E-state index is 12.5. The normalized spacial score (nSPS) is 15.0. The van der Waals surface area contributed by atoms with Gasteiger partial charge in [0.1, 0.15) is 13.2 Å². The molecule has 2 atom stereocenters. The van der Waals surface area contributed by atoms with Crippen molar-refractivity contribution in [2.24, 2.45) is 5.41 Å². The van der Waals surface area contributed by atoms with Gasteiger partial charge in [0.15, 0.2) is 11.2 Å². The lowest BCUT2D eigenvalue weighted by Gasteiger charge is -2.33. The minimum atomic E-state index is -1.13. The molecule has 0 bridgehead atoms. The number of hydrogen-bond acceptors (Lipinski definition) is 8. The molecule has 0 aromatic heterocycles. The van der Waals surface area contributed by atoms with Crippen molar-refractivity contribution in [2.45, 2.75) is 119 Å². The quantitative estimate of drug-likeness (QED) is 0.304. The highest BCUT2D eigenvalue weighted by molar-refractivity contribution is 5.79. The second-order valence-electron chi connectivity index (χ2n) is 11.0. The largest absolute Gasteiger partial charge is 0.461 e. The van der Waals surface area contributed by atoms with E-state index in [1.165, 1.54) is 0 Å². The average molecular weight is 477 g/mol. The van der Waals surface area contributed by atoms with E-state index < -0.39 is 28.6 Å². The number of rotatable bonds is 16. The zero-order valence-electron chi connectivity index (χ0n) is 22.9. The van der Waals surface area contributed by atoms with Gasteiger partial charge in [-0.15, -0.1) is 0 Å². The van der Waals surface area contributed by atoms with Gasteiger partial charge >= 0.3 is 11.9 Å². The molecule has 0 saturated carbocycles. The van der Waals surface area contributed by atoms with Gasteiger partial charge in [0, 0.05) is 5.41 Å². The van der Waals surface area contributed by atoms with E-state index in [9.17, 15) is 9.59 Å². The molecule has 8 nitrogen and oxygen atoms in total. The van der Waals surface area contributed by atoms with Gasteiger partial charge in [-0.05, 0) is 69.2 Å². The molecule has 0 aliphatic carbocycles. The van der Waals surface area contributed by atoms with Gasteiger partial charge in [-0.2, -0.15) is 0 Å². The summed E-state index contributed by atoms with van der Waals surface area (Å²) in [5, 5.41) is 0. The first-order valence-electron chi connectivity index (χ1n) is 11.8. The van der Waals surface area contributed by atoms with Crippen LogP contribution in [-0.2, 0) is 38.0 Å². The van der Waals surface area contributed by atoms with Gasteiger partial charge < -0.3 is 28.4 Å². The van der Waals surface area contributed by atoms with Crippen LogP contribution in [0.3, 0.4) is 0 Å². The highest BCUT2D eigenvalue weighted by atomic mass is 16.6. The molecule has 196 valence electrons. The predicted molar refractivity (Wildman–Crippen MR) is 127 cm³/mol. The highest BCUT2D eigenvalue weighted by Crippen LogP contribution is 2.24. The minimum Gasteiger partial charge on any atom is -0.461 e. The van der Waals surface area contributed by atoms with Crippen LogP contribution >= 0.6 is 0 Å². The molecule has 2 unspecified atom stereocenters. The smallest absolute Gasteiger partial charge is 0.337 e. The van der Waals surface area contributed by atoms with E-state index in [0.717, 1.165) is 0 Å². The van der Waals surface area contributed by atoms with Gasteiger partial charge in [-0.3, -0.25) is 0 Å². The van der Waals surface area contributed by atoms with E-state index >= 15 is 0 Å². The Bertz CT molecular complexity index is 545. The van der Waals surface area contributed by atoms with Gasteiger partial charge in [-0.25, -0.2) is 9.59 Å². The molecule has 0 N–H and O–H groups in total. The van der Waals surface area contributed by atoms with E-state index in [4.69, 9.17) is 28.4 Å². The molecule has 0 aliphatic heterocycles. The van der Waals surface area contributed by atoms with Crippen LogP contribution in [0.5, 0.6) is 0 Å². The van der Waals surface area contributed by atoms with Crippen molar-refractivity contribution in [3.63, 3.8) is 0 Å². The summed E-state index contributed by atoms with van der Waals surface area (Å²) in [5.74, 6) is -0.917. The van der Waals surface area contributed by atoms with Crippen molar-refractivity contribution in [1.82, 2.24) is 0 Å². The molecule has 0 aromatic rings. The van der Waals surface area contributed by atoms with Gasteiger partial charge in [0.05, 0.1) is 37.6 Å². The Morgan fingerprint density at radius 1 is 0.606 bits per heavy atom. The molecule has 0 heterocycles. The Morgan fingerprint density at radius 2 is 0.909 bits per heavy atom. The maximum absolute atomic E-state index is 12.5. The molecular weight excluding hydrogens is 428 g/mol. The van der Waals surface area contributed by atoms with Crippen LogP contribution in [0, 0.1) is 5.41 Å². The number of carbonyl (C=O) groups is 2. The fourth-order valence-corrected chi connectivity index (χ4v) is 2.65. The first-order valence-corrected chi connectivity index (χ1v) is 11.8. The Kier molecular flexibility index (Phi) is 13.1. The average Bonchev–Trinajstić information content (AvgIpc) is 2.66. The second-order valence-corrected chi connectivity index (χ2v) is 11.0. The second kappa shape index (κ2) is 13.6. The van der Waals surface area contributed by atoms with E-state index in [2.05, 4.69) is 0 Å². The molecule has 0 aliphatic rings. The lowest BCUT2D eigenvalue weighted by molar-refractivity contribution is -0.183. The van der Waals surface area contributed by atoms with Crippen LogP contribution in [0.4, 0.5) is 0 Å². The summed E-state index contributed by atoms with van der Waals surface area (Å²) < 4.78 is 33.6. The minimum absolute atomic E-state index is 0.0575. The highest BCUT2D eigenvalue weighted by Gasteiger charge is 2.36. The van der Waals surface area contributed by atoms with Crippen LogP contribution in [0.25, 0.3) is 0 Å². The van der Waals surface area contributed by atoms with Gasteiger partial charge in [-0.1, -0.05) is 13.8 Å². The fraction of sp³-hybridized carbons (Fsp3) is 0.920. The molecule has 8 heteroatoms. The third kappa shape index (κ3) is 13.9. The molecule has 0 rings (SSSR count). The molecular formula is C25H48O8. The first kappa shape index (κ1) is 31.8. The number of hydrogen-bond donors (Lipinski definition) is 0. The van der Waals surface area contributed by atoms with Crippen LogP contribution in [0.1, 0.15) is 83.1 Å².